The van der Waals surface area contributed by atoms with Crippen LogP contribution in [0.1, 0.15) is 11.5 Å². The highest BCUT2D eigenvalue weighted by Gasteiger charge is 2.11. The van der Waals surface area contributed by atoms with E-state index in [0.29, 0.717) is 11.5 Å². The average molecular weight is 206 g/mol. The minimum atomic E-state index is -0.935. The summed E-state index contributed by atoms with van der Waals surface area (Å²) < 4.78 is 1.38. The number of fused-ring (bicyclic) bond motifs is 1. The highest BCUT2D eigenvalue weighted by molar-refractivity contribution is 5.78. The first-order valence-corrected chi connectivity index (χ1v) is 4.46. The number of hydrogen-bond donors (Lipinski definition) is 1. The number of aromatic nitrogens is 4. The van der Waals surface area contributed by atoms with Gasteiger partial charge in [-0.25, -0.2) is 14.6 Å². The Labute approximate surface area is 85.6 Å². The number of carboxylic acid groups (broad SMARTS) is 1. The number of nitrogens with zero attached hydrogens (tertiary/aromatic N) is 4. The molecule has 15 heavy (non-hydrogen) atoms. The maximum atomic E-state index is 10.6. The first-order chi connectivity index (χ1) is 7.08. The molecule has 2 heterocycles. The van der Waals surface area contributed by atoms with Crippen molar-refractivity contribution in [2.24, 2.45) is 0 Å². The molecule has 2 aromatic heterocycles. The van der Waals surface area contributed by atoms with E-state index in [1.54, 1.807) is 20.0 Å². The van der Waals surface area contributed by atoms with Crippen molar-refractivity contribution >= 4 is 17.0 Å². The molecule has 0 amide bonds. The van der Waals surface area contributed by atoms with Crippen LogP contribution in [0.5, 0.6) is 0 Å². The zero-order chi connectivity index (χ0) is 11.0. The highest BCUT2D eigenvalue weighted by atomic mass is 16.4. The fraction of sp³-hybridized carbons (Fsp3) is 0.333. The third-order valence-corrected chi connectivity index (χ3v) is 2.08. The lowest BCUT2D eigenvalue weighted by Gasteiger charge is -1.98. The molecule has 0 aliphatic heterocycles. The van der Waals surface area contributed by atoms with Crippen LogP contribution in [0.25, 0.3) is 11.0 Å². The van der Waals surface area contributed by atoms with Gasteiger partial charge in [0, 0.05) is 6.20 Å². The lowest BCUT2D eigenvalue weighted by Crippen LogP contribution is -2.10. The van der Waals surface area contributed by atoms with E-state index >= 15 is 0 Å². The van der Waals surface area contributed by atoms with Crippen LogP contribution in [0.2, 0.25) is 0 Å². The second-order valence-corrected chi connectivity index (χ2v) is 3.29. The monoisotopic (exact) mass is 206 g/mol. The molecule has 0 fully saturated rings. The molecule has 2 rings (SSSR count). The molecule has 0 aliphatic carbocycles. The van der Waals surface area contributed by atoms with E-state index < -0.39 is 5.97 Å². The predicted molar refractivity (Wildman–Crippen MR) is 52.4 cm³/mol. The molecule has 0 aliphatic rings. The van der Waals surface area contributed by atoms with Gasteiger partial charge in [0.2, 0.25) is 0 Å². The topological polar surface area (TPSA) is 80.9 Å². The molecule has 6 nitrogen and oxygen atoms in total. The Bertz CT molecular complexity index is 532. The Kier molecular flexibility index (Phi) is 2.11. The summed E-state index contributed by atoms with van der Waals surface area (Å²) in [4.78, 5) is 18.8. The third kappa shape index (κ3) is 1.65. The Morgan fingerprint density at radius 1 is 1.53 bits per heavy atom. The van der Waals surface area contributed by atoms with E-state index in [0.717, 1.165) is 11.1 Å². The summed E-state index contributed by atoms with van der Waals surface area (Å²) in [5, 5.41) is 13.6. The van der Waals surface area contributed by atoms with Crippen LogP contribution in [0.4, 0.5) is 0 Å². The molecule has 0 spiro atoms. The predicted octanol–water partition coefficient (Wildman–Crippen LogP) is 0.528. The van der Waals surface area contributed by atoms with Crippen molar-refractivity contribution in [1.82, 2.24) is 19.7 Å². The molecule has 0 radical (unpaired) electrons. The number of aryl methyl sites for hydroxylation is 2. The van der Waals surface area contributed by atoms with Crippen LogP contribution in [-0.4, -0.2) is 30.8 Å². The smallest absolute Gasteiger partial charge is 0.325 e. The standard InChI is InChI=1S/C9H10N4O2/c1-5-7-3-10-6(2)11-9(7)13(12-5)4-8(14)15/h3H,4H2,1-2H3,(H,14,15). The maximum absolute atomic E-state index is 10.6. The van der Waals surface area contributed by atoms with E-state index in [1.807, 2.05) is 0 Å². The maximum Gasteiger partial charge on any atom is 0.325 e. The van der Waals surface area contributed by atoms with Gasteiger partial charge in [-0.3, -0.25) is 4.79 Å². The van der Waals surface area contributed by atoms with E-state index in [-0.39, 0.29) is 6.54 Å². The minimum absolute atomic E-state index is 0.180. The summed E-state index contributed by atoms with van der Waals surface area (Å²) in [6.45, 7) is 3.38. The summed E-state index contributed by atoms with van der Waals surface area (Å²) >= 11 is 0. The van der Waals surface area contributed by atoms with Gasteiger partial charge in [0.05, 0.1) is 11.1 Å². The van der Waals surface area contributed by atoms with E-state index in [9.17, 15) is 4.79 Å². The fourth-order valence-corrected chi connectivity index (χ4v) is 1.43. The summed E-state index contributed by atoms with van der Waals surface area (Å²) in [5.74, 6) is -0.329. The zero-order valence-corrected chi connectivity index (χ0v) is 8.43. The van der Waals surface area contributed by atoms with Gasteiger partial charge in [-0.15, -0.1) is 0 Å². The van der Waals surface area contributed by atoms with Gasteiger partial charge in [0.25, 0.3) is 0 Å². The van der Waals surface area contributed by atoms with Crippen molar-refractivity contribution in [2.75, 3.05) is 0 Å². The van der Waals surface area contributed by atoms with Crippen LogP contribution < -0.4 is 0 Å². The van der Waals surface area contributed by atoms with Crippen LogP contribution in [-0.2, 0) is 11.3 Å². The summed E-state index contributed by atoms with van der Waals surface area (Å²) in [7, 11) is 0. The quantitative estimate of drug-likeness (QED) is 0.775. The van der Waals surface area contributed by atoms with E-state index in [1.165, 1.54) is 4.68 Å². The summed E-state index contributed by atoms with van der Waals surface area (Å²) in [6, 6.07) is 0. The van der Waals surface area contributed by atoms with Crippen LogP contribution in [0.3, 0.4) is 0 Å². The molecule has 1 N–H and O–H groups in total. The first kappa shape index (κ1) is 9.57. The second kappa shape index (κ2) is 3.30. The number of aliphatic carboxylic acids is 1. The van der Waals surface area contributed by atoms with E-state index in [2.05, 4.69) is 15.1 Å². The van der Waals surface area contributed by atoms with Crippen molar-refractivity contribution in [3.63, 3.8) is 0 Å². The first-order valence-electron chi connectivity index (χ1n) is 4.46. The van der Waals surface area contributed by atoms with Crippen molar-refractivity contribution in [1.29, 1.82) is 0 Å². The number of carbonyl (C=O) groups is 1. The van der Waals surface area contributed by atoms with Gasteiger partial charge in [0.15, 0.2) is 5.65 Å². The summed E-state index contributed by atoms with van der Waals surface area (Å²) in [6.07, 6.45) is 1.67. The fourth-order valence-electron chi connectivity index (χ4n) is 1.43. The van der Waals surface area contributed by atoms with Gasteiger partial charge < -0.3 is 5.11 Å². The lowest BCUT2D eigenvalue weighted by molar-refractivity contribution is -0.137. The van der Waals surface area contributed by atoms with E-state index in [4.69, 9.17) is 5.11 Å². The van der Waals surface area contributed by atoms with Gasteiger partial charge in [-0.1, -0.05) is 0 Å². The minimum Gasteiger partial charge on any atom is -0.480 e. The van der Waals surface area contributed by atoms with Crippen LogP contribution in [0, 0.1) is 13.8 Å². The van der Waals surface area contributed by atoms with Crippen LogP contribution >= 0.6 is 0 Å². The van der Waals surface area contributed by atoms with Gasteiger partial charge in [-0.2, -0.15) is 5.10 Å². The normalized spacial score (nSPS) is 10.8. The van der Waals surface area contributed by atoms with Gasteiger partial charge in [-0.05, 0) is 13.8 Å². The molecule has 6 heteroatoms. The SMILES string of the molecule is Cc1ncc2c(C)nn(CC(=O)O)c2n1. The molecule has 0 saturated heterocycles. The third-order valence-electron chi connectivity index (χ3n) is 2.08. The van der Waals surface area contributed by atoms with Crippen molar-refractivity contribution in [3.05, 3.63) is 17.7 Å². The van der Waals surface area contributed by atoms with Crippen molar-refractivity contribution < 1.29 is 9.90 Å². The zero-order valence-electron chi connectivity index (χ0n) is 8.43. The molecule has 0 saturated carbocycles. The largest absolute Gasteiger partial charge is 0.480 e. The van der Waals surface area contributed by atoms with Gasteiger partial charge >= 0.3 is 5.97 Å². The number of hydrogen-bond acceptors (Lipinski definition) is 4. The molecule has 0 aromatic carbocycles. The molecule has 2 aromatic rings. The summed E-state index contributed by atoms with van der Waals surface area (Å²) in [5.41, 5.74) is 1.31. The lowest BCUT2D eigenvalue weighted by atomic mass is 10.3. The molecular formula is C9H10N4O2. The number of rotatable bonds is 2. The van der Waals surface area contributed by atoms with Gasteiger partial charge in [0.1, 0.15) is 12.4 Å². The molecule has 0 unspecified atom stereocenters. The highest BCUT2D eigenvalue weighted by Crippen LogP contribution is 2.14. The molecule has 78 valence electrons. The molecular weight excluding hydrogens is 196 g/mol. The average Bonchev–Trinajstić information content (AvgIpc) is 2.42. The van der Waals surface area contributed by atoms with Crippen LogP contribution in [0.15, 0.2) is 6.20 Å². The molecule has 0 atom stereocenters. The van der Waals surface area contributed by atoms with Crippen molar-refractivity contribution in [3.8, 4) is 0 Å². The number of carboxylic acids is 1. The van der Waals surface area contributed by atoms with Crippen molar-refractivity contribution in [2.45, 2.75) is 20.4 Å². The second-order valence-electron chi connectivity index (χ2n) is 3.29. The Hall–Kier alpha value is -1.98. The Morgan fingerprint density at radius 2 is 2.27 bits per heavy atom. The molecule has 0 bridgehead atoms. The Balaban J connectivity index is 2.64. The Morgan fingerprint density at radius 3 is 2.93 bits per heavy atom.